The maximum atomic E-state index is 14.0. The van der Waals surface area contributed by atoms with Gasteiger partial charge in [0.1, 0.15) is 23.6 Å². The Morgan fingerprint density at radius 3 is 2.37 bits per heavy atom. The first-order valence-corrected chi connectivity index (χ1v) is 13.3. The Morgan fingerprint density at radius 2 is 1.66 bits per heavy atom. The van der Waals surface area contributed by atoms with Gasteiger partial charge in [-0.1, -0.05) is 12.1 Å². The van der Waals surface area contributed by atoms with Gasteiger partial charge in [0.15, 0.2) is 17.2 Å². The lowest BCUT2D eigenvalue weighted by molar-refractivity contribution is -0.0217. The number of anilines is 1. The first-order chi connectivity index (χ1) is 18.6. The van der Waals surface area contributed by atoms with E-state index >= 15 is 0 Å². The van der Waals surface area contributed by atoms with Gasteiger partial charge >= 0.3 is 0 Å². The number of piperidine rings is 1. The molecule has 3 aliphatic heterocycles. The van der Waals surface area contributed by atoms with E-state index < -0.39 is 5.82 Å². The van der Waals surface area contributed by atoms with Gasteiger partial charge in [0.2, 0.25) is 0 Å². The van der Waals surface area contributed by atoms with Crippen molar-refractivity contribution in [3.63, 3.8) is 0 Å². The van der Waals surface area contributed by atoms with E-state index in [-0.39, 0.29) is 11.8 Å². The number of nitrogens with zero attached hydrogens (tertiary/aromatic N) is 6. The van der Waals surface area contributed by atoms with Crippen LogP contribution in [0.1, 0.15) is 18.9 Å². The number of halogens is 1. The number of benzene rings is 2. The van der Waals surface area contributed by atoms with Crippen molar-refractivity contribution in [2.24, 2.45) is 0 Å². The van der Waals surface area contributed by atoms with Gasteiger partial charge in [-0.25, -0.2) is 19.0 Å². The summed E-state index contributed by atoms with van der Waals surface area (Å²) in [4.78, 5) is 14.1. The number of hydrogen-bond donors (Lipinski definition) is 2. The smallest absolute Gasteiger partial charge is 0.165 e. The fourth-order valence-electron chi connectivity index (χ4n) is 5.83. The Kier molecular flexibility index (Phi) is 5.95. The molecule has 2 aromatic carbocycles. The zero-order chi connectivity index (χ0) is 25.6. The second kappa shape index (κ2) is 9.61. The molecule has 196 valence electrons. The van der Waals surface area contributed by atoms with Crippen LogP contribution in [0.15, 0.2) is 54.9 Å². The van der Waals surface area contributed by atoms with Crippen molar-refractivity contribution in [2.45, 2.75) is 31.0 Å². The van der Waals surface area contributed by atoms with Gasteiger partial charge in [0.25, 0.3) is 0 Å². The Balaban J connectivity index is 1.09. The Hall–Kier alpha value is -3.60. The largest absolute Gasteiger partial charge is 0.454 e. The lowest BCUT2D eigenvalue weighted by atomic mass is 9.97. The summed E-state index contributed by atoms with van der Waals surface area (Å²) in [5.41, 5.74) is 8.74. The third kappa shape index (κ3) is 4.18. The number of nitrogens with two attached hydrogens (primary N) is 1. The van der Waals surface area contributed by atoms with Gasteiger partial charge in [-0.15, -0.1) is 0 Å². The van der Waals surface area contributed by atoms with Gasteiger partial charge in [0, 0.05) is 56.9 Å². The lowest BCUT2D eigenvalue weighted by Gasteiger charge is -2.52. The summed E-state index contributed by atoms with van der Waals surface area (Å²) in [6.07, 6.45) is 3.56. The zero-order valence-electron chi connectivity index (χ0n) is 21.1. The molecule has 4 aromatic rings. The number of nitrogen functional groups attached to an aromatic ring is 1. The number of fused-ring (bicyclic) bond motifs is 1. The van der Waals surface area contributed by atoms with Crippen LogP contribution in [0.25, 0.3) is 22.3 Å². The fraction of sp³-hybridized carbons (Fsp3) is 0.393. The van der Waals surface area contributed by atoms with Crippen LogP contribution in [0.4, 0.5) is 10.2 Å². The van der Waals surface area contributed by atoms with Crippen molar-refractivity contribution in [3.8, 4) is 22.8 Å². The van der Waals surface area contributed by atoms with Crippen LogP contribution >= 0.6 is 0 Å². The van der Waals surface area contributed by atoms with Crippen LogP contribution in [0.5, 0.6) is 11.5 Å². The van der Waals surface area contributed by atoms with Crippen molar-refractivity contribution in [1.29, 1.82) is 0 Å². The molecule has 2 aromatic heterocycles. The third-order valence-electron chi connectivity index (χ3n) is 8.24. The maximum absolute atomic E-state index is 14.0. The molecular weight excluding hydrogens is 483 g/mol. The molecule has 0 atom stereocenters. The first kappa shape index (κ1) is 23.5. The highest BCUT2D eigenvalue weighted by Crippen LogP contribution is 2.36. The van der Waals surface area contributed by atoms with E-state index in [0.717, 1.165) is 67.4 Å². The molecule has 0 spiro atoms. The molecule has 0 saturated carbocycles. The summed E-state index contributed by atoms with van der Waals surface area (Å²) in [5.74, 6) is 0.749. The monoisotopic (exact) mass is 514 g/mol. The maximum Gasteiger partial charge on any atom is 0.165 e. The van der Waals surface area contributed by atoms with E-state index in [1.54, 1.807) is 18.2 Å². The van der Waals surface area contributed by atoms with E-state index in [1.165, 1.54) is 25.5 Å². The third-order valence-corrected chi connectivity index (χ3v) is 8.24. The molecule has 10 heteroatoms. The molecule has 7 rings (SSSR count). The average molecular weight is 515 g/mol. The van der Waals surface area contributed by atoms with Crippen molar-refractivity contribution in [3.05, 3.63) is 60.7 Å². The molecule has 0 radical (unpaired) electrons. The highest BCUT2D eigenvalue weighted by Gasteiger charge is 2.39. The van der Waals surface area contributed by atoms with Crippen LogP contribution in [-0.2, 0) is 0 Å². The summed E-state index contributed by atoms with van der Waals surface area (Å²) in [7, 11) is 0. The van der Waals surface area contributed by atoms with Gasteiger partial charge in [-0.05, 0) is 49.2 Å². The van der Waals surface area contributed by atoms with Gasteiger partial charge in [-0.3, -0.25) is 9.80 Å². The molecule has 3 saturated heterocycles. The minimum atomic E-state index is -0.400. The normalized spacial score (nSPS) is 19.9. The molecule has 0 bridgehead atoms. The van der Waals surface area contributed by atoms with Crippen molar-refractivity contribution in [2.75, 3.05) is 45.0 Å². The number of hydrogen-bond acceptors (Lipinski definition) is 8. The van der Waals surface area contributed by atoms with E-state index in [2.05, 4.69) is 29.8 Å². The molecular formula is C28H31FN8O. The Bertz CT molecular complexity index is 1440. The van der Waals surface area contributed by atoms with Crippen LogP contribution < -0.4 is 15.8 Å². The molecule has 0 unspecified atom stereocenters. The standard InChI is InChI=1S/C28H31FN8O/c29-23-3-1-2-4-24(23)38-22-7-5-18(6-8-22)26-25-27(30)32-17-33-28(25)37(34-26)19-9-11-35(12-10-19)21-15-36(16-21)20-13-31-14-20/h1-8,17,19-21,31H,9-16H2,(H2,30,32,33). The topological polar surface area (TPSA) is 97.4 Å². The molecule has 3 N–H and O–H groups in total. The van der Waals surface area contributed by atoms with Crippen molar-refractivity contribution < 1.29 is 9.13 Å². The van der Waals surface area contributed by atoms with E-state index in [4.69, 9.17) is 15.6 Å². The number of likely N-dealkylation sites (tertiary alicyclic amines) is 2. The Morgan fingerprint density at radius 1 is 0.895 bits per heavy atom. The van der Waals surface area contributed by atoms with Crippen LogP contribution in [-0.4, -0.2) is 80.9 Å². The minimum absolute atomic E-state index is 0.189. The van der Waals surface area contributed by atoms with E-state index in [1.807, 2.05) is 24.3 Å². The summed E-state index contributed by atoms with van der Waals surface area (Å²) < 4.78 is 21.8. The lowest BCUT2D eigenvalue weighted by Crippen LogP contribution is -2.69. The number of ether oxygens (including phenoxy) is 1. The molecule has 3 fully saturated rings. The second-order valence-corrected chi connectivity index (χ2v) is 10.5. The van der Waals surface area contributed by atoms with E-state index in [0.29, 0.717) is 17.6 Å². The average Bonchev–Trinajstić information content (AvgIpc) is 3.28. The summed E-state index contributed by atoms with van der Waals surface area (Å²) >= 11 is 0. The molecule has 0 amide bonds. The predicted molar refractivity (Wildman–Crippen MR) is 144 cm³/mol. The summed E-state index contributed by atoms with van der Waals surface area (Å²) in [6, 6.07) is 15.5. The highest BCUT2D eigenvalue weighted by molar-refractivity contribution is 5.98. The van der Waals surface area contributed by atoms with Gasteiger partial charge < -0.3 is 15.8 Å². The summed E-state index contributed by atoms with van der Waals surface area (Å²) in [5, 5.41) is 9.17. The van der Waals surface area contributed by atoms with E-state index in [9.17, 15) is 4.39 Å². The number of para-hydroxylation sites is 1. The summed E-state index contributed by atoms with van der Waals surface area (Å²) in [6.45, 7) is 6.76. The molecule has 0 aliphatic carbocycles. The molecule has 5 heterocycles. The molecule has 38 heavy (non-hydrogen) atoms. The quantitative estimate of drug-likeness (QED) is 0.405. The van der Waals surface area contributed by atoms with Gasteiger partial charge in [0.05, 0.1) is 11.4 Å². The highest BCUT2D eigenvalue weighted by atomic mass is 19.1. The zero-order valence-corrected chi connectivity index (χ0v) is 21.1. The SMILES string of the molecule is Nc1ncnc2c1c(-c1ccc(Oc3ccccc3F)cc1)nn2C1CCN(C2CN(C3CNC3)C2)CC1. The Labute approximate surface area is 220 Å². The minimum Gasteiger partial charge on any atom is -0.454 e. The van der Waals surface area contributed by atoms with Crippen molar-refractivity contribution >= 4 is 16.9 Å². The number of rotatable bonds is 6. The fourth-order valence-corrected chi connectivity index (χ4v) is 5.83. The van der Waals surface area contributed by atoms with Crippen LogP contribution in [0.3, 0.4) is 0 Å². The number of aromatic nitrogens is 4. The molecule has 3 aliphatic rings. The second-order valence-electron chi connectivity index (χ2n) is 10.5. The number of nitrogens with one attached hydrogen (secondary N) is 1. The molecule has 9 nitrogen and oxygen atoms in total. The van der Waals surface area contributed by atoms with Crippen LogP contribution in [0.2, 0.25) is 0 Å². The van der Waals surface area contributed by atoms with Crippen LogP contribution in [0, 0.1) is 5.82 Å². The van der Waals surface area contributed by atoms with Crippen molar-refractivity contribution in [1.82, 2.24) is 34.9 Å². The predicted octanol–water partition coefficient (Wildman–Crippen LogP) is 3.30. The first-order valence-electron chi connectivity index (χ1n) is 13.3. The van der Waals surface area contributed by atoms with Gasteiger partial charge in [-0.2, -0.15) is 5.10 Å².